The van der Waals surface area contributed by atoms with Crippen LogP contribution in [0.5, 0.6) is 5.75 Å². The Kier molecular flexibility index (Phi) is 5.68. The van der Waals surface area contributed by atoms with Crippen molar-refractivity contribution in [1.29, 1.82) is 0 Å². The summed E-state index contributed by atoms with van der Waals surface area (Å²) < 4.78 is 44.3. The number of aliphatic carboxylic acids is 1. The lowest BCUT2D eigenvalue weighted by molar-refractivity contribution is -0.138. The van der Waals surface area contributed by atoms with Crippen molar-refractivity contribution >= 4 is 5.97 Å². The van der Waals surface area contributed by atoms with Crippen molar-refractivity contribution in [3.05, 3.63) is 89.5 Å². The summed E-state index contributed by atoms with van der Waals surface area (Å²) in [5.74, 6) is -0.519. The molecule has 1 N–H and O–H groups in total. The summed E-state index contributed by atoms with van der Waals surface area (Å²) in [7, 11) is 0. The summed E-state index contributed by atoms with van der Waals surface area (Å²) in [4.78, 5) is 11.0. The highest BCUT2D eigenvalue weighted by Crippen LogP contribution is 2.35. The second kappa shape index (κ2) is 8.17. The minimum absolute atomic E-state index is 0.188. The summed E-state index contributed by atoms with van der Waals surface area (Å²) in [6.07, 6.45) is -4.61. The Morgan fingerprint density at radius 1 is 0.893 bits per heavy atom. The van der Waals surface area contributed by atoms with Gasteiger partial charge in [-0.25, -0.2) is 0 Å². The molecule has 3 rings (SSSR count). The van der Waals surface area contributed by atoms with Crippen molar-refractivity contribution in [2.75, 3.05) is 0 Å². The predicted octanol–water partition coefficient (Wildman–Crippen LogP) is 5.58. The number of carbonyl (C=O) groups is 1. The van der Waals surface area contributed by atoms with Gasteiger partial charge in [-0.05, 0) is 41.0 Å². The van der Waals surface area contributed by atoms with Gasteiger partial charge in [0, 0.05) is 5.56 Å². The van der Waals surface area contributed by atoms with Crippen molar-refractivity contribution < 1.29 is 27.8 Å². The number of alkyl halides is 3. The Morgan fingerprint density at radius 3 is 2.18 bits per heavy atom. The van der Waals surface area contributed by atoms with Crippen LogP contribution in [-0.4, -0.2) is 11.1 Å². The predicted molar refractivity (Wildman–Crippen MR) is 99.0 cm³/mol. The maximum atomic E-state index is 12.8. The van der Waals surface area contributed by atoms with Gasteiger partial charge < -0.3 is 9.84 Å². The van der Waals surface area contributed by atoms with E-state index in [9.17, 15) is 18.0 Å². The van der Waals surface area contributed by atoms with Crippen LogP contribution in [0.2, 0.25) is 0 Å². The Bertz CT molecular complexity index is 949. The lowest BCUT2D eigenvalue weighted by atomic mass is 9.99. The van der Waals surface area contributed by atoms with E-state index in [4.69, 9.17) is 9.84 Å². The lowest BCUT2D eigenvalue weighted by Crippen LogP contribution is -2.04. The van der Waals surface area contributed by atoms with E-state index in [1.54, 1.807) is 18.2 Å². The Labute approximate surface area is 160 Å². The minimum atomic E-state index is -4.42. The van der Waals surface area contributed by atoms with E-state index in [1.165, 1.54) is 12.1 Å². The van der Waals surface area contributed by atoms with E-state index >= 15 is 0 Å². The molecule has 0 spiro atoms. The van der Waals surface area contributed by atoms with Gasteiger partial charge in [0.15, 0.2) is 0 Å². The molecule has 0 unspecified atom stereocenters. The fourth-order valence-electron chi connectivity index (χ4n) is 2.79. The summed E-state index contributed by atoms with van der Waals surface area (Å²) >= 11 is 0. The van der Waals surface area contributed by atoms with Gasteiger partial charge in [0.2, 0.25) is 0 Å². The van der Waals surface area contributed by atoms with Gasteiger partial charge in [-0.15, -0.1) is 0 Å². The molecule has 0 aliphatic rings. The lowest BCUT2D eigenvalue weighted by Gasteiger charge is -2.14. The number of hydrogen-bond donors (Lipinski definition) is 1. The summed E-state index contributed by atoms with van der Waals surface area (Å²) in [6, 6.07) is 19.1. The molecule has 0 fully saturated rings. The van der Waals surface area contributed by atoms with Gasteiger partial charge in [0.05, 0.1) is 12.0 Å². The minimum Gasteiger partial charge on any atom is -0.488 e. The topological polar surface area (TPSA) is 46.5 Å². The van der Waals surface area contributed by atoms with Crippen LogP contribution in [0, 0.1) is 0 Å². The average molecular weight is 386 g/mol. The van der Waals surface area contributed by atoms with Crippen molar-refractivity contribution in [2.24, 2.45) is 0 Å². The molecule has 3 nitrogen and oxygen atoms in total. The van der Waals surface area contributed by atoms with E-state index in [0.29, 0.717) is 22.4 Å². The normalized spacial score (nSPS) is 11.2. The Balaban J connectivity index is 1.94. The van der Waals surface area contributed by atoms with Gasteiger partial charge in [-0.2, -0.15) is 13.2 Å². The van der Waals surface area contributed by atoms with Crippen molar-refractivity contribution in [2.45, 2.75) is 19.2 Å². The first kappa shape index (κ1) is 19.5. The van der Waals surface area contributed by atoms with Crippen LogP contribution in [0.1, 0.15) is 16.7 Å². The first-order valence-corrected chi connectivity index (χ1v) is 8.52. The SMILES string of the molecule is O=C(O)Cc1ccc(OCc2ccccc2)c(-c2ccc(C(F)(F)F)cc2)c1. The van der Waals surface area contributed by atoms with Crippen LogP contribution in [0.15, 0.2) is 72.8 Å². The Morgan fingerprint density at radius 2 is 1.57 bits per heavy atom. The molecule has 0 aromatic heterocycles. The molecule has 0 saturated heterocycles. The zero-order chi connectivity index (χ0) is 20.1. The molecular formula is C22H17F3O3. The maximum absolute atomic E-state index is 12.8. The number of benzene rings is 3. The summed E-state index contributed by atoms with van der Waals surface area (Å²) in [5, 5.41) is 9.02. The maximum Gasteiger partial charge on any atom is 0.416 e. The molecule has 0 amide bonds. The molecule has 0 saturated carbocycles. The quantitative estimate of drug-likeness (QED) is 0.602. The molecule has 3 aromatic carbocycles. The van der Waals surface area contributed by atoms with Crippen LogP contribution >= 0.6 is 0 Å². The highest BCUT2D eigenvalue weighted by atomic mass is 19.4. The molecule has 0 aliphatic carbocycles. The van der Waals surface area contributed by atoms with E-state index in [0.717, 1.165) is 17.7 Å². The van der Waals surface area contributed by atoms with Crippen LogP contribution < -0.4 is 4.74 Å². The van der Waals surface area contributed by atoms with E-state index in [-0.39, 0.29) is 13.0 Å². The number of carboxylic acid groups (broad SMARTS) is 1. The fourth-order valence-corrected chi connectivity index (χ4v) is 2.79. The molecule has 144 valence electrons. The Hall–Kier alpha value is -3.28. The molecule has 0 heterocycles. The van der Waals surface area contributed by atoms with E-state index in [1.807, 2.05) is 30.3 Å². The van der Waals surface area contributed by atoms with E-state index < -0.39 is 17.7 Å². The first-order chi connectivity index (χ1) is 13.3. The number of rotatable bonds is 6. The monoisotopic (exact) mass is 386 g/mol. The van der Waals surface area contributed by atoms with Gasteiger partial charge in [-0.1, -0.05) is 48.5 Å². The fraction of sp³-hybridized carbons (Fsp3) is 0.136. The molecule has 0 aliphatic heterocycles. The number of hydrogen-bond acceptors (Lipinski definition) is 2. The number of carboxylic acids is 1. The van der Waals surface area contributed by atoms with E-state index in [2.05, 4.69) is 0 Å². The van der Waals surface area contributed by atoms with Gasteiger partial charge in [-0.3, -0.25) is 4.79 Å². The number of halogens is 3. The molecule has 0 bridgehead atoms. The zero-order valence-corrected chi connectivity index (χ0v) is 14.7. The van der Waals surface area contributed by atoms with Crippen molar-refractivity contribution in [3.8, 4) is 16.9 Å². The third kappa shape index (κ3) is 4.91. The van der Waals surface area contributed by atoms with Crippen LogP contribution in [0.3, 0.4) is 0 Å². The molecule has 0 radical (unpaired) electrons. The van der Waals surface area contributed by atoms with Gasteiger partial charge in [0.1, 0.15) is 12.4 Å². The third-order valence-electron chi connectivity index (χ3n) is 4.16. The molecular weight excluding hydrogens is 369 g/mol. The third-order valence-corrected chi connectivity index (χ3v) is 4.16. The first-order valence-electron chi connectivity index (χ1n) is 8.52. The van der Waals surface area contributed by atoms with Crippen LogP contribution in [0.4, 0.5) is 13.2 Å². The van der Waals surface area contributed by atoms with Crippen LogP contribution in [0.25, 0.3) is 11.1 Å². The number of ether oxygens (including phenoxy) is 1. The smallest absolute Gasteiger partial charge is 0.416 e. The summed E-state index contributed by atoms with van der Waals surface area (Å²) in [6.45, 7) is 0.284. The zero-order valence-electron chi connectivity index (χ0n) is 14.7. The second-order valence-electron chi connectivity index (χ2n) is 6.25. The standard InChI is InChI=1S/C22H17F3O3/c23-22(24,25)18-9-7-17(8-10-18)19-12-16(13-21(26)27)6-11-20(19)28-14-15-4-2-1-3-5-15/h1-12H,13-14H2,(H,26,27). The van der Waals surface area contributed by atoms with Crippen LogP contribution in [-0.2, 0) is 24.0 Å². The molecule has 3 aromatic rings. The van der Waals surface area contributed by atoms with Crippen molar-refractivity contribution in [3.63, 3.8) is 0 Å². The molecule has 0 atom stereocenters. The van der Waals surface area contributed by atoms with Gasteiger partial charge in [0.25, 0.3) is 0 Å². The summed E-state index contributed by atoms with van der Waals surface area (Å²) in [5.41, 5.74) is 1.79. The van der Waals surface area contributed by atoms with Crippen molar-refractivity contribution in [1.82, 2.24) is 0 Å². The highest BCUT2D eigenvalue weighted by molar-refractivity contribution is 5.75. The largest absolute Gasteiger partial charge is 0.488 e. The van der Waals surface area contributed by atoms with Gasteiger partial charge >= 0.3 is 12.1 Å². The molecule has 28 heavy (non-hydrogen) atoms. The average Bonchev–Trinajstić information content (AvgIpc) is 2.67. The highest BCUT2D eigenvalue weighted by Gasteiger charge is 2.30. The second-order valence-corrected chi connectivity index (χ2v) is 6.25. The molecule has 6 heteroatoms.